The maximum absolute atomic E-state index is 7.52. The summed E-state index contributed by atoms with van der Waals surface area (Å²) in [6.45, 7) is 0. The quantitative estimate of drug-likeness (QED) is 0.490. The van der Waals surface area contributed by atoms with Gasteiger partial charge in [0, 0.05) is 5.92 Å². The maximum atomic E-state index is 7.52. The van der Waals surface area contributed by atoms with Crippen molar-refractivity contribution in [2.75, 3.05) is 0 Å². The Morgan fingerprint density at radius 1 is 0.786 bits per heavy atom. The van der Waals surface area contributed by atoms with Crippen molar-refractivity contribution in [3.8, 4) is 0 Å². The van der Waals surface area contributed by atoms with Crippen LogP contribution >= 0.6 is 0 Å². The molecule has 2 heteroatoms. The summed E-state index contributed by atoms with van der Waals surface area (Å²) in [5.41, 5.74) is 5.60. The van der Waals surface area contributed by atoms with E-state index in [-0.39, 0.29) is 0 Å². The molecule has 2 nitrogen and oxygen atoms in total. The lowest BCUT2D eigenvalue weighted by atomic mass is 9.94. The van der Waals surface area contributed by atoms with Gasteiger partial charge in [0.1, 0.15) is 0 Å². The monoisotopic (exact) mass is 196 g/mol. The summed E-state index contributed by atoms with van der Waals surface area (Å²) in [6, 6.07) is 0. The molecule has 3 N–H and O–H groups in total. The first-order valence-corrected chi connectivity index (χ1v) is 6.14. The Morgan fingerprint density at radius 2 is 1.14 bits per heavy atom. The molecule has 0 aromatic heterocycles. The highest BCUT2D eigenvalue weighted by molar-refractivity contribution is 5.79. The second kappa shape index (κ2) is 6.86. The molecule has 0 heterocycles. The Labute approximate surface area is 87.8 Å². The third-order valence-electron chi connectivity index (χ3n) is 3.29. The maximum Gasteiger partial charge on any atom is 0.0936 e. The molecule has 0 radical (unpaired) electrons. The van der Waals surface area contributed by atoms with Gasteiger partial charge in [-0.1, -0.05) is 51.4 Å². The number of hydrogen-bond donors (Lipinski definition) is 2. The molecule has 0 aromatic rings. The topological polar surface area (TPSA) is 49.9 Å². The van der Waals surface area contributed by atoms with Gasteiger partial charge < -0.3 is 5.73 Å². The molecule has 1 rings (SSSR count). The predicted octanol–water partition coefficient (Wildman–Crippen LogP) is 3.45. The van der Waals surface area contributed by atoms with E-state index in [2.05, 4.69) is 0 Å². The smallest absolute Gasteiger partial charge is 0.0936 e. The van der Waals surface area contributed by atoms with Crippen LogP contribution in [0.1, 0.15) is 64.2 Å². The lowest BCUT2D eigenvalue weighted by molar-refractivity contribution is 0.507. The molecule has 0 aromatic carbocycles. The van der Waals surface area contributed by atoms with E-state index in [1.807, 2.05) is 0 Å². The van der Waals surface area contributed by atoms with Crippen LogP contribution in [-0.4, -0.2) is 5.84 Å². The standard InChI is InChI=1S/C12H24N2/c13-12(14)11-9-7-5-3-1-2-4-6-8-10-11/h11H,1-10H2,(H3,13,14). The second-order valence-electron chi connectivity index (χ2n) is 4.56. The Balaban J connectivity index is 2.31. The van der Waals surface area contributed by atoms with Gasteiger partial charge >= 0.3 is 0 Å². The molecule has 14 heavy (non-hydrogen) atoms. The van der Waals surface area contributed by atoms with Crippen molar-refractivity contribution in [1.29, 1.82) is 5.41 Å². The minimum Gasteiger partial charge on any atom is -0.387 e. The third-order valence-corrected chi connectivity index (χ3v) is 3.29. The highest BCUT2D eigenvalue weighted by Crippen LogP contribution is 2.20. The van der Waals surface area contributed by atoms with Crippen LogP contribution in [0, 0.1) is 11.3 Å². The lowest BCUT2D eigenvalue weighted by Crippen LogP contribution is -2.22. The van der Waals surface area contributed by atoms with Gasteiger partial charge in [0.25, 0.3) is 0 Å². The van der Waals surface area contributed by atoms with Gasteiger partial charge in [-0.25, -0.2) is 0 Å². The zero-order valence-electron chi connectivity index (χ0n) is 9.23. The van der Waals surface area contributed by atoms with E-state index in [1.54, 1.807) is 0 Å². The summed E-state index contributed by atoms with van der Waals surface area (Å²) in [7, 11) is 0. The van der Waals surface area contributed by atoms with Crippen LogP contribution in [0.4, 0.5) is 0 Å². The average molecular weight is 196 g/mol. The van der Waals surface area contributed by atoms with Crippen molar-refractivity contribution in [1.82, 2.24) is 0 Å². The summed E-state index contributed by atoms with van der Waals surface area (Å²) in [5, 5.41) is 7.52. The van der Waals surface area contributed by atoms with Crippen LogP contribution in [0.3, 0.4) is 0 Å². The Kier molecular flexibility index (Phi) is 5.65. The van der Waals surface area contributed by atoms with E-state index >= 15 is 0 Å². The van der Waals surface area contributed by atoms with E-state index < -0.39 is 0 Å². The van der Waals surface area contributed by atoms with E-state index in [0.717, 1.165) is 12.8 Å². The van der Waals surface area contributed by atoms with Gasteiger partial charge in [0.15, 0.2) is 0 Å². The van der Waals surface area contributed by atoms with Gasteiger partial charge in [-0.15, -0.1) is 0 Å². The molecule has 0 bridgehead atoms. The number of amidine groups is 1. The fourth-order valence-electron chi connectivity index (χ4n) is 2.30. The summed E-state index contributed by atoms with van der Waals surface area (Å²) in [5.74, 6) is 0.803. The van der Waals surface area contributed by atoms with E-state index in [9.17, 15) is 0 Å². The molecule has 0 amide bonds. The van der Waals surface area contributed by atoms with Crippen molar-refractivity contribution in [3.63, 3.8) is 0 Å². The molecule has 0 saturated heterocycles. The molecule has 0 spiro atoms. The van der Waals surface area contributed by atoms with Crippen molar-refractivity contribution in [3.05, 3.63) is 0 Å². The van der Waals surface area contributed by atoms with Crippen LogP contribution in [0.2, 0.25) is 0 Å². The van der Waals surface area contributed by atoms with E-state index in [1.165, 1.54) is 51.4 Å². The largest absolute Gasteiger partial charge is 0.387 e. The normalized spacial score (nSPS) is 22.6. The third kappa shape index (κ3) is 4.64. The van der Waals surface area contributed by atoms with E-state index in [0.29, 0.717) is 11.8 Å². The zero-order valence-corrected chi connectivity index (χ0v) is 9.23. The van der Waals surface area contributed by atoms with Gasteiger partial charge in [0.2, 0.25) is 0 Å². The fourth-order valence-corrected chi connectivity index (χ4v) is 2.30. The average Bonchev–Trinajstić information content (AvgIpc) is 2.21. The number of hydrogen-bond acceptors (Lipinski definition) is 1. The first kappa shape index (κ1) is 11.5. The molecule has 0 unspecified atom stereocenters. The molecule has 1 aliphatic rings. The van der Waals surface area contributed by atoms with E-state index in [4.69, 9.17) is 11.1 Å². The van der Waals surface area contributed by atoms with Gasteiger partial charge in [-0.05, 0) is 12.8 Å². The molecular weight excluding hydrogens is 172 g/mol. The SMILES string of the molecule is N=C(N)C1CCCCCCCCCC1. The number of nitrogens with one attached hydrogen (secondary N) is 1. The van der Waals surface area contributed by atoms with Gasteiger partial charge in [0.05, 0.1) is 5.84 Å². The second-order valence-corrected chi connectivity index (χ2v) is 4.56. The van der Waals surface area contributed by atoms with Crippen molar-refractivity contribution in [2.45, 2.75) is 64.2 Å². The van der Waals surface area contributed by atoms with Crippen LogP contribution in [-0.2, 0) is 0 Å². The van der Waals surface area contributed by atoms with Crippen LogP contribution in [0.5, 0.6) is 0 Å². The van der Waals surface area contributed by atoms with Crippen molar-refractivity contribution in [2.24, 2.45) is 11.7 Å². The van der Waals surface area contributed by atoms with Crippen LogP contribution in [0.25, 0.3) is 0 Å². The first-order chi connectivity index (χ1) is 6.80. The van der Waals surface area contributed by atoms with Gasteiger partial charge in [-0.3, -0.25) is 5.41 Å². The van der Waals surface area contributed by atoms with Crippen molar-refractivity contribution >= 4 is 5.84 Å². The zero-order chi connectivity index (χ0) is 10.2. The minimum atomic E-state index is 0.382. The first-order valence-electron chi connectivity index (χ1n) is 6.14. The number of nitrogens with two attached hydrogens (primary N) is 1. The summed E-state index contributed by atoms with van der Waals surface area (Å²) < 4.78 is 0. The fraction of sp³-hybridized carbons (Fsp3) is 0.917. The summed E-state index contributed by atoms with van der Waals surface area (Å²) in [6.07, 6.45) is 13.1. The molecule has 0 aliphatic heterocycles. The van der Waals surface area contributed by atoms with Crippen molar-refractivity contribution < 1.29 is 0 Å². The molecule has 1 aliphatic carbocycles. The molecule has 1 saturated carbocycles. The lowest BCUT2D eigenvalue weighted by Gasteiger charge is -2.14. The Morgan fingerprint density at radius 3 is 1.50 bits per heavy atom. The van der Waals surface area contributed by atoms with Crippen LogP contribution < -0.4 is 5.73 Å². The molecule has 0 atom stereocenters. The van der Waals surface area contributed by atoms with Gasteiger partial charge in [-0.2, -0.15) is 0 Å². The Hall–Kier alpha value is -0.530. The summed E-state index contributed by atoms with van der Waals surface area (Å²) >= 11 is 0. The number of rotatable bonds is 1. The minimum absolute atomic E-state index is 0.382. The summed E-state index contributed by atoms with van der Waals surface area (Å²) in [4.78, 5) is 0. The molecule has 1 fully saturated rings. The molecular formula is C12H24N2. The highest BCUT2D eigenvalue weighted by Gasteiger charge is 2.11. The Bertz CT molecular complexity index is 154. The van der Waals surface area contributed by atoms with Crippen LogP contribution in [0.15, 0.2) is 0 Å². The molecule has 82 valence electrons. The predicted molar refractivity (Wildman–Crippen MR) is 61.6 cm³/mol. The highest BCUT2D eigenvalue weighted by atomic mass is 14.7.